The Bertz CT molecular complexity index is 472. The summed E-state index contributed by atoms with van der Waals surface area (Å²) in [5, 5.41) is 4.22. The molecule has 1 aromatic heterocycles. The maximum Gasteiger partial charge on any atom is 0.222 e. The molecule has 1 amide bonds. The largest absolute Gasteiger partial charge is 0.338 e. The molecule has 3 heterocycles. The van der Waals surface area contributed by atoms with Crippen LogP contribution in [0.15, 0.2) is 6.33 Å². The van der Waals surface area contributed by atoms with E-state index >= 15 is 0 Å². The number of rotatable bonds is 4. The van der Waals surface area contributed by atoms with Gasteiger partial charge in [-0.25, -0.2) is 9.67 Å². The monoisotopic (exact) mass is 277 g/mol. The van der Waals surface area contributed by atoms with Gasteiger partial charge in [-0.1, -0.05) is 0 Å². The molecule has 1 atom stereocenters. The third kappa shape index (κ3) is 2.70. The van der Waals surface area contributed by atoms with E-state index in [2.05, 4.69) is 26.8 Å². The van der Waals surface area contributed by atoms with Gasteiger partial charge in [0.05, 0.1) is 6.54 Å². The van der Waals surface area contributed by atoms with Crippen LogP contribution in [0.3, 0.4) is 0 Å². The SMILES string of the molecule is CCn1ncnc1CN1CCCC(N2CCCC2=O)C1. The Labute approximate surface area is 119 Å². The zero-order chi connectivity index (χ0) is 13.9. The molecule has 0 spiro atoms. The fourth-order valence-electron chi connectivity index (χ4n) is 3.36. The molecule has 2 aliphatic heterocycles. The summed E-state index contributed by atoms with van der Waals surface area (Å²) in [7, 11) is 0. The first kappa shape index (κ1) is 13.5. The molecule has 20 heavy (non-hydrogen) atoms. The summed E-state index contributed by atoms with van der Waals surface area (Å²) in [6, 6.07) is 0.400. The topological polar surface area (TPSA) is 54.3 Å². The van der Waals surface area contributed by atoms with Crippen molar-refractivity contribution < 1.29 is 4.79 Å². The highest BCUT2D eigenvalue weighted by atomic mass is 16.2. The minimum absolute atomic E-state index is 0.341. The lowest BCUT2D eigenvalue weighted by Crippen LogP contribution is -2.48. The van der Waals surface area contributed by atoms with Crippen LogP contribution >= 0.6 is 0 Å². The molecule has 0 aromatic carbocycles. The fourth-order valence-corrected chi connectivity index (χ4v) is 3.36. The highest BCUT2D eigenvalue weighted by Crippen LogP contribution is 2.22. The number of hydrogen-bond donors (Lipinski definition) is 0. The van der Waals surface area contributed by atoms with Crippen LogP contribution in [0.1, 0.15) is 38.4 Å². The molecule has 0 bridgehead atoms. The average molecular weight is 277 g/mol. The van der Waals surface area contributed by atoms with Gasteiger partial charge < -0.3 is 4.90 Å². The lowest BCUT2D eigenvalue weighted by atomic mass is 10.0. The van der Waals surface area contributed by atoms with E-state index in [1.54, 1.807) is 6.33 Å². The Morgan fingerprint density at radius 2 is 2.25 bits per heavy atom. The molecular weight excluding hydrogens is 254 g/mol. The quantitative estimate of drug-likeness (QED) is 0.820. The number of likely N-dealkylation sites (tertiary alicyclic amines) is 2. The second-order valence-corrected chi connectivity index (χ2v) is 5.71. The van der Waals surface area contributed by atoms with Crippen LogP contribution in [0, 0.1) is 0 Å². The maximum absolute atomic E-state index is 11.9. The summed E-state index contributed by atoms with van der Waals surface area (Å²) in [6.07, 6.45) is 5.70. The van der Waals surface area contributed by atoms with Gasteiger partial charge in [0.15, 0.2) is 0 Å². The van der Waals surface area contributed by atoms with E-state index in [1.807, 2.05) is 4.68 Å². The summed E-state index contributed by atoms with van der Waals surface area (Å²) in [5.74, 6) is 1.37. The molecule has 3 rings (SSSR count). The van der Waals surface area contributed by atoms with Crippen LogP contribution in [-0.4, -0.2) is 56.1 Å². The molecule has 6 nitrogen and oxygen atoms in total. The number of carbonyl (C=O) groups is 1. The van der Waals surface area contributed by atoms with Crippen molar-refractivity contribution in [2.75, 3.05) is 19.6 Å². The van der Waals surface area contributed by atoms with Gasteiger partial charge in [-0.15, -0.1) is 0 Å². The van der Waals surface area contributed by atoms with Gasteiger partial charge in [0.25, 0.3) is 0 Å². The van der Waals surface area contributed by atoms with E-state index < -0.39 is 0 Å². The number of aryl methyl sites for hydroxylation is 1. The standard InChI is InChI=1S/C14H23N5O/c1-2-19-13(15-11-16-19)10-17-7-3-5-12(9-17)18-8-4-6-14(18)20/h11-12H,2-10H2,1H3. The molecule has 0 N–H and O–H groups in total. The minimum atomic E-state index is 0.341. The van der Waals surface area contributed by atoms with E-state index in [4.69, 9.17) is 0 Å². The molecule has 110 valence electrons. The van der Waals surface area contributed by atoms with E-state index in [9.17, 15) is 4.79 Å². The van der Waals surface area contributed by atoms with Crippen molar-refractivity contribution in [3.8, 4) is 0 Å². The summed E-state index contributed by atoms with van der Waals surface area (Å²) in [6.45, 7) is 6.80. The van der Waals surface area contributed by atoms with Crippen molar-refractivity contribution in [1.82, 2.24) is 24.6 Å². The molecule has 0 saturated carbocycles. The van der Waals surface area contributed by atoms with Crippen LogP contribution in [0.2, 0.25) is 0 Å². The van der Waals surface area contributed by atoms with Gasteiger partial charge in [-0.2, -0.15) is 5.10 Å². The second-order valence-electron chi connectivity index (χ2n) is 5.71. The molecule has 2 fully saturated rings. The molecule has 2 aliphatic rings. The fraction of sp³-hybridized carbons (Fsp3) is 0.786. The Kier molecular flexibility index (Phi) is 4.00. The van der Waals surface area contributed by atoms with Gasteiger partial charge in [0, 0.05) is 32.1 Å². The highest BCUT2D eigenvalue weighted by Gasteiger charge is 2.31. The number of aromatic nitrogens is 3. The first-order valence-corrected chi connectivity index (χ1v) is 7.66. The summed E-state index contributed by atoms with van der Waals surface area (Å²) < 4.78 is 1.95. The van der Waals surface area contributed by atoms with Crippen molar-refractivity contribution in [3.05, 3.63) is 12.2 Å². The van der Waals surface area contributed by atoms with Crippen molar-refractivity contribution >= 4 is 5.91 Å². The molecule has 1 unspecified atom stereocenters. The number of carbonyl (C=O) groups excluding carboxylic acids is 1. The van der Waals surface area contributed by atoms with Crippen LogP contribution in [0.25, 0.3) is 0 Å². The summed E-state index contributed by atoms with van der Waals surface area (Å²) in [4.78, 5) is 20.7. The van der Waals surface area contributed by atoms with E-state index in [-0.39, 0.29) is 0 Å². The molecule has 0 radical (unpaired) electrons. The average Bonchev–Trinajstić information content (AvgIpc) is 3.08. The van der Waals surface area contributed by atoms with Crippen LogP contribution in [-0.2, 0) is 17.9 Å². The summed E-state index contributed by atoms with van der Waals surface area (Å²) in [5.41, 5.74) is 0. The van der Waals surface area contributed by atoms with Gasteiger partial charge in [0.1, 0.15) is 12.2 Å². The predicted molar refractivity (Wildman–Crippen MR) is 74.9 cm³/mol. The third-order valence-corrected chi connectivity index (χ3v) is 4.39. The minimum Gasteiger partial charge on any atom is -0.338 e. The zero-order valence-corrected chi connectivity index (χ0v) is 12.2. The Balaban J connectivity index is 1.62. The van der Waals surface area contributed by atoms with Crippen LogP contribution < -0.4 is 0 Å². The second kappa shape index (κ2) is 5.91. The molecule has 2 saturated heterocycles. The normalized spacial score (nSPS) is 24.6. The number of hydrogen-bond acceptors (Lipinski definition) is 4. The smallest absolute Gasteiger partial charge is 0.222 e. The summed E-state index contributed by atoms with van der Waals surface area (Å²) >= 11 is 0. The van der Waals surface area contributed by atoms with Gasteiger partial charge >= 0.3 is 0 Å². The molecule has 1 aromatic rings. The number of amides is 1. The number of piperidine rings is 1. The van der Waals surface area contributed by atoms with E-state index in [0.29, 0.717) is 11.9 Å². The predicted octanol–water partition coefficient (Wildman–Crippen LogP) is 0.885. The molecular formula is C14H23N5O. The van der Waals surface area contributed by atoms with E-state index in [1.165, 1.54) is 0 Å². The maximum atomic E-state index is 11.9. The van der Waals surface area contributed by atoms with Gasteiger partial charge in [-0.05, 0) is 32.7 Å². The van der Waals surface area contributed by atoms with Gasteiger partial charge in [0.2, 0.25) is 5.91 Å². The van der Waals surface area contributed by atoms with Crippen LogP contribution in [0.5, 0.6) is 0 Å². The first-order valence-electron chi connectivity index (χ1n) is 7.66. The molecule has 0 aliphatic carbocycles. The lowest BCUT2D eigenvalue weighted by molar-refractivity contribution is -0.130. The first-order chi connectivity index (χ1) is 9.78. The number of nitrogens with zero attached hydrogens (tertiary/aromatic N) is 5. The molecule has 6 heteroatoms. The van der Waals surface area contributed by atoms with E-state index in [0.717, 1.165) is 64.2 Å². The third-order valence-electron chi connectivity index (χ3n) is 4.39. The van der Waals surface area contributed by atoms with Crippen molar-refractivity contribution in [2.45, 2.75) is 51.7 Å². The Morgan fingerprint density at radius 3 is 3.00 bits per heavy atom. The van der Waals surface area contributed by atoms with Crippen molar-refractivity contribution in [1.29, 1.82) is 0 Å². The van der Waals surface area contributed by atoms with Crippen molar-refractivity contribution in [2.24, 2.45) is 0 Å². The lowest BCUT2D eigenvalue weighted by Gasteiger charge is -2.37. The Hall–Kier alpha value is -1.43. The van der Waals surface area contributed by atoms with Crippen LogP contribution in [0.4, 0.5) is 0 Å². The van der Waals surface area contributed by atoms with Gasteiger partial charge in [-0.3, -0.25) is 9.69 Å². The Morgan fingerprint density at radius 1 is 1.35 bits per heavy atom. The zero-order valence-electron chi connectivity index (χ0n) is 12.2. The highest BCUT2D eigenvalue weighted by molar-refractivity contribution is 5.78. The van der Waals surface area contributed by atoms with Crippen molar-refractivity contribution in [3.63, 3.8) is 0 Å².